The number of hydrogen-bond donors (Lipinski definition) is 3. The summed E-state index contributed by atoms with van der Waals surface area (Å²) in [6.07, 6.45) is -2.90. The summed E-state index contributed by atoms with van der Waals surface area (Å²) < 4.78 is 29.7. The van der Waals surface area contributed by atoms with Gasteiger partial charge in [0.1, 0.15) is 18.2 Å². The van der Waals surface area contributed by atoms with Crippen LogP contribution >= 0.6 is 11.3 Å². The number of hydrogen-bond acceptors (Lipinski definition) is 6. The van der Waals surface area contributed by atoms with E-state index in [0.29, 0.717) is 6.42 Å². The van der Waals surface area contributed by atoms with E-state index in [0.717, 1.165) is 26.6 Å². The molecule has 4 rings (SSSR count). The number of likely N-dealkylation sites (tertiary alicyclic amines) is 1. The number of carbonyl (C=O) groups is 3. The Bertz CT molecular complexity index is 1270. The van der Waals surface area contributed by atoms with Gasteiger partial charge in [0.15, 0.2) is 11.8 Å². The molecule has 5 atom stereocenters. The van der Waals surface area contributed by atoms with E-state index < -0.39 is 66.3 Å². The molecule has 2 aromatic rings. The lowest BCUT2D eigenvalue weighted by molar-refractivity contribution is -0.144. The molecule has 0 unspecified atom stereocenters. The summed E-state index contributed by atoms with van der Waals surface area (Å²) in [7, 11) is 0. The van der Waals surface area contributed by atoms with Crippen LogP contribution in [0.1, 0.15) is 71.2 Å². The molecule has 3 amide bonds. The fourth-order valence-corrected chi connectivity index (χ4v) is 5.99. The number of carbonyl (C=O) groups excluding carboxylic acids is 3. The summed E-state index contributed by atoms with van der Waals surface area (Å²) in [5, 5.41) is 15.8. The summed E-state index contributed by atoms with van der Waals surface area (Å²) in [4.78, 5) is 46.0. The summed E-state index contributed by atoms with van der Waals surface area (Å²) in [6.45, 7) is 11.0. The van der Waals surface area contributed by atoms with Gasteiger partial charge in [0.05, 0.1) is 28.7 Å². The minimum Gasteiger partial charge on any atom is -0.388 e. The van der Waals surface area contributed by atoms with E-state index in [-0.39, 0.29) is 18.3 Å². The second kappa shape index (κ2) is 11.8. The molecule has 2 heterocycles. The average Bonchev–Trinajstić information content (AvgIpc) is 3.38. The zero-order valence-corrected chi connectivity index (χ0v) is 25.2. The number of rotatable bonds is 9. The molecule has 0 bridgehead atoms. The number of nitrogens with one attached hydrogen (secondary N) is 2. The van der Waals surface area contributed by atoms with Crippen LogP contribution in [0.4, 0.5) is 8.78 Å². The van der Waals surface area contributed by atoms with E-state index in [1.54, 1.807) is 19.4 Å². The quantitative estimate of drug-likeness (QED) is 0.404. The highest BCUT2D eigenvalue weighted by Crippen LogP contribution is 2.40. The second-order valence-electron chi connectivity index (χ2n) is 12.8. The lowest BCUT2D eigenvalue weighted by Gasteiger charge is -2.33. The van der Waals surface area contributed by atoms with E-state index in [4.69, 9.17) is 0 Å². The van der Waals surface area contributed by atoms with Crippen LogP contribution in [0.2, 0.25) is 0 Å². The molecule has 1 aliphatic carbocycles. The molecule has 1 aromatic carbocycles. The average molecular weight is 591 g/mol. The number of halogens is 2. The lowest BCUT2D eigenvalue weighted by atomic mass is 9.85. The number of aliphatic hydroxyl groups excluding tert-OH is 1. The maximum atomic E-state index is 15.4. The first-order valence-corrected chi connectivity index (χ1v) is 14.9. The van der Waals surface area contributed by atoms with Crippen LogP contribution in [-0.4, -0.2) is 69.3 Å². The molecular weight excluding hydrogens is 550 g/mol. The molecule has 3 N–H and O–H groups in total. The largest absolute Gasteiger partial charge is 0.388 e. The molecule has 2 fully saturated rings. The van der Waals surface area contributed by atoms with Gasteiger partial charge in [-0.1, -0.05) is 58.9 Å². The SMILES string of the molecule is Cc1ncsc1-c1ccc([C@H](CC(C)(C)C)NC(=O)[C@@H]2[C@@H](F)[C@@H](O)CN2C(=O)[C@@H](NC(=O)C2(F)CC2)C(C)C)cc1. The summed E-state index contributed by atoms with van der Waals surface area (Å²) >= 11 is 1.54. The number of aliphatic hydroxyl groups is 1. The van der Waals surface area contributed by atoms with Crippen molar-refractivity contribution < 1.29 is 28.3 Å². The van der Waals surface area contributed by atoms with E-state index in [9.17, 15) is 23.9 Å². The Kier molecular flexibility index (Phi) is 8.90. The molecule has 0 radical (unpaired) electrons. The molecule has 1 saturated carbocycles. The predicted molar refractivity (Wildman–Crippen MR) is 153 cm³/mol. The third-order valence-electron chi connectivity index (χ3n) is 7.71. The Labute approximate surface area is 243 Å². The van der Waals surface area contributed by atoms with Gasteiger partial charge in [-0.3, -0.25) is 14.4 Å². The maximum Gasteiger partial charge on any atom is 0.258 e. The van der Waals surface area contributed by atoms with Gasteiger partial charge in [-0.2, -0.15) is 0 Å². The Morgan fingerprint density at radius 1 is 1.17 bits per heavy atom. The Morgan fingerprint density at radius 3 is 2.32 bits per heavy atom. The van der Waals surface area contributed by atoms with E-state index in [1.807, 2.05) is 52.0 Å². The van der Waals surface area contributed by atoms with Crippen molar-refractivity contribution in [3.8, 4) is 10.4 Å². The first-order chi connectivity index (χ1) is 19.1. The van der Waals surface area contributed by atoms with Crippen molar-refractivity contribution in [2.75, 3.05) is 6.54 Å². The van der Waals surface area contributed by atoms with Gasteiger partial charge in [-0.15, -0.1) is 11.3 Å². The highest BCUT2D eigenvalue weighted by Gasteiger charge is 2.54. The Hall–Kier alpha value is -2.92. The van der Waals surface area contributed by atoms with Crippen LogP contribution in [0, 0.1) is 18.3 Å². The molecule has 2 aliphatic rings. The highest BCUT2D eigenvalue weighted by atomic mass is 32.1. The second-order valence-corrected chi connectivity index (χ2v) is 13.7. The first kappa shape index (κ1) is 31.0. The normalized spacial score (nSPS) is 23.3. The predicted octanol–water partition coefficient (Wildman–Crippen LogP) is 4.26. The molecular formula is C30H40F2N4O4S. The highest BCUT2D eigenvalue weighted by molar-refractivity contribution is 7.13. The number of thiazole rings is 1. The zero-order chi connectivity index (χ0) is 30.3. The first-order valence-electron chi connectivity index (χ1n) is 14.0. The van der Waals surface area contributed by atoms with Crippen molar-refractivity contribution in [1.29, 1.82) is 0 Å². The molecule has 0 spiro atoms. The van der Waals surface area contributed by atoms with Gasteiger partial charge in [0.2, 0.25) is 11.8 Å². The van der Waals surface area contributed by atoms with Gasteiger partial charge < -0.3 is 20.6 Å². The van der Waals surface area contributed by atoms with Crippen molar-refractivity contribution in [3.63, 3.8) is 0 Å². The van der Waals surface area contributed by atoms with Crippen molar-refractivity contribution in [2.24, 2.45) is 11.3 Å². The van der Waals surface area contributed by atoms with Gasteiger partial charge in [-0.25, -0.2) is 13.8 Å². The molecule has 11 heteroatoms. The van der Waals surface area contributed by atoms with Crippen molar-refractivity contribution >= 4 is 29.1 Å². The van der Waals surface area contributed by atoms with Gasteiger partial charge >= 0.3 is 0 Å². The number of aryl methyl sites for hydroxylation is 1. The van der Waals surface area contributed by atoms with Crippen LogP contribution in [0.25, 0.3) is 10.4 Å². The Morgan fingerprint density at radius 2 is 1.80 bits per heavy atom. The summed E-state index contributed by atoms with van der Waals surface area (Å²) in [5.41, 5.74) is 2.33. The molecule has 41 heavy (non-hydrogen) atoms. The van der Waals surface area contributed by atoms with Crippen molar-refractivity contribution in [1.82, 2.24) is 20.5 Å². The molecule has 1 aromatic heterocycles. The maximum absolute atomic E-state index is 15.4. The van der Waals surface area contributed by atoms with E-state index >= 15 is 4.39 Å². The minimum atomic E-state index is -2.02. The number of nitrogens with zero attached hydrogens (tertiary/aromatic N) is 2. The third kappa shape index (κ3) is 6.94. The number of benzene rings is 1. The standard InChI is InChI=1S/C30H40F2N4O4S/c1-16(2)23(35-28(40)30(32)11-12-30)27(39)36-14-21(37)22(31)24(36)26(38)34-20(13-29(4,5)6)18-7-9-19(10-8-18)25-17(3)33-15-41-25/h7-10,15-16,20-24,37H,11-14H2,1-6H3,(H,34,38)(H,35,40)/t20-,21-,22-,23-,24-/m0/s1. The van der Waals surface area contributed by atoms with Crippen LogP contribution < -0.4 is 10.6 Å². The van der Waals surface area contributed by atoms with Crippen LogP contribution in [-0.2, 0) is 14.4 Å². The van der Waals surface area contributed by atoms with Crippen molar-refractivity contribution in [2.45, 2.75) is 96.9 Å². The van der Waals surface area contributed by atoms with E-state index in [2.05, 4.69) is 15.6 Å². The van der Waals surface area contributed by atoms with Crippen LogP contribution in [0.3, 0.4) is 0 Å². The molecule has 1 aliphatic heterocycles. The molecule has 1 saturated heterocycles. The Balaban J connectivity index is 1.56. The fraction of sp³-hybridized carbons (Fsp3) is 0.600. The van der Waals surface area contributed by atoms with E-state index in [1.165, 1.54) is 11.3 Å². The summed E-state index contributed by atoms with van der Waals surface area (Å²) in [6, 6.07) is 4.48. The zero-order valence-electron chi connectivity index (χ0n) is 24.4. The number of aromatic nitrogens is 1. The lowest BCUT2D eigenvalue weighted by Crippen LogP contribution is -2.57. The molecule has 224 valence electrons. The summed E-state index contributed by atoms with van der Waals surface area (Å²) in [5.74, 6) is -2.81. The van der Waals surface area contributed by atoms with Crippen LogP contribution in [0.5, 0.6) is 0 Å². The number of β-amino-alcohol motifs (C(OH)–C–C–N with tert-alkyl or cyclic N) is 1. The van der Waals surface area contributed by atoms with Gasteiger partial charge in [-0.05, 0) is 48.6 Å². The third-order valence-corrected chi connectivity index (χ3v) is 8.69. The number of alkyl halides is 2. The monoisotopic (exact) mass is 590 g/mol. The van der Waals surface area contributed by atoms with Crippen LogP contribution in [0.15, 0.2) is 29.8 Å². The minimum absolute atomic E-state index is 0.0812. The topological polar surface area (TPSA) is 112 Å². The molecule has 8 nitrogen and oxygen atoms in total. The fourth-order valence-electron chi connectivity index (χ4n) is 5.18. The number of amides is 3. The van der Waals surface area contributed by atoms with Crippen molar-refractivity contribution in [3.05, 3.63) is 41.0 Å². The van der Waals surface area contributed by atoms with Gasteiger partial charge in [0, 0.05) is 0 Å². The smallest absolute Gasteiger partial charge is 0.258 e. The van der Waals surface area contributed by atoms with Gasteiger partial charge in [0.25, 0.3) is 5.91 Å².